The Morgan fingerprint density at radius 1 is 1.17 bits per heavy atom. The fourth-order valence-corrected chi connectivity index (χ4v) is 4.80. The number of carbonyl (C=O) groups excluding carboxylic acids is 1. The molecule has 0 aliphatic heterocycles. The molecule has 0 amide bonds. The molecule has 0 saturated heterocycles. The summed E-state index contributed by atoms with van der Waals surface area (Å²) < 4.78 is 7.96. The number of nitrogen functional groups attached to an aromatic ring is 1. The van der Waals surface area contributed by atoms with Crippen LogP contribution >= 0.6 is 11.8 Å². The fourth-order valence-electron chi connectivity index (χ4n) is 3.92. The predicted octanol–water partition coefficient (Wildman–Crippen LogP) is 2.14. The van der Waals surface area contributed by atoms with Gasteiger partial charge in [0.1, 0.15) is 17.1 Å². The molecule has 11 heteroatoms. The van der Waals surface area contributed by atoms with Crippen LogP contribution in [0.15, 0.2) is 68.1 Å². The number of ether oxygens (including phenoxy) is 1. The SMILES string of the molecule is COc1cccc(-n2c(SCC(=O)c3c(N)n(C4CC4)c(=O)[nH]c3=O)nc3ccccc3c2=O)c1. The third-order valence-corrected chi connectivity index (χ3v) is 6.70. The van der Waals surface area contributed by atoms with Crippen LogP contribution in [-0.2, 0) is 0 Å². The van der Waals surface area contributed by atoms with E-state index in [0.29, 0.717) is 22.3 Å². The van der Waals surface area contributed by atoms with E-state index >= 15 is 0 Å². The van der Waals surface area contributed by atoms with Crippen molar-refractivity contribution >= 4 is 34.3 Å². The number of thioether (sulfide) groups is 1. The molecule has 0 bridgehead atoms. The number of methoxy groups -OCH3 is 1. The summed E-state index contributed by atoms with van der Waals surface area (Å²) in [6.45, 7) is 0. The summed E-state index contributed by atoms with van der Waals surface area (Å²) in [6.07, 6.45) is 1.51. The van der Waals surface area contributed by atoms with E-state index in [0.717, 1.165) is 24.6 Å². The highest BCUT2D eigenvalue weighted by Crippen LogP contribution is 2.35. The monoisotopic (exact) mass is 491 g/mol. The molecular formula is C24H21N5O5S. The van der Waals surface area contributed by atoms with Gasteiger partial charge >= 0.3 is 5.69 Å². The zero-order valence-corrected chi connectivity index (χ0v) is 19.5. The van der Waals surface area contributed by atoms with Gasteiger partial charge in [-0.2, -0.15) is 0 Å². The van der Waals surface area contributed by atoms with Gasteiger partial charge in [0.15, 0.2) is 10.9 Å². The lowest BCUT2D eigenvalue weighted by molar-refractivity contribution is 0.102. The van der Waals surface area contributed by atoms with Crippen molar-refractivity contribution in [1.82, 2.24) is 19.1 Å². The van der Waals surface area contributed by atoms with Crippen molar-refractivity contribution in [3.63, 3.8) is 0 Å². The molecule has 2 heterocycles. The van der Waals surface area contributed by atoms with Gasteiger partial charge in [0.05, 0.1) is 29.5 Å². The normalized spacial score (nSPS) is 13.2. The van der Waals surface area contributed by atoms with Gasteiger partial charge < -0.3 is 10.5 Å². The lowest BCUT2D eigenvalue weighted by atomic mass is 10.2. The van der Waals surface area contributed by atoms with E-state index < -0.39 is 17.0 Å². The van der Waals surface area contributed by atoms with Crippen LogP contribution in [0.2, 0.25) is 0 Å². The first-order chi connectivity index (χ1) is 16.9. The molecule has 3 N–H and O–H groups in total. The molecule has 1 fully saturated rings. The Bertz CT molecular complexity index is 1650. The van der Waals surface area contributed by atoms with Crippen LogP contribution in [0.4, 0.5) is 5.82 Å². The van der Waals surface area contributed by atoms with Gasteiger partial charge in [0.2, 0.25) is 0 Å². The fraction of sp³-hybridized carbons (Fsp3) is 0.208. The number of Topliss-reactive ketones (excluding diaryl/α,β-unsaturated/α-hetero) is 1. The Kier molecular flexibility index (Phi) is 5.77. The van der Waals surface area contributed by atoms with Gasteiger partial charge in [-0.1, -0.05) is 30.0 Å². The van der Waals surface area contributed by atoms with E-state index in [4.69, 9.17) is 10.5 Å². The van der Waals surface area contributed by atoms with Crippen molar-refractivity contribution in [3.05, 3.63) is 85.3 Å². The molecule has 4 aromatic rings. The van der Waals surface area contributed by atoms with E-state index in [2.05, 4.69) is 9.97 Å². The lowest BCUT2D eigenvalue weighted by Gasteiger charge is -2.14. The molecule has 0 spiro atoms. The largest absolute Gasteiger partial charge is 0.497 e. The smallest absolute Gasteiger partial charge is 0.330 e. The highest BCUT2D eigenvalue weighted by molar-refractivity contribution is 7.99. The first-order valence-corrected chi connectivity index (χ1v) is 11.8. The first-order valence-electron chi connectivity index (χ1n) is 10.9. The Hall–Kier alpha value is -4.12. The summed E-state index contributed by atoms with van der Waals surface area (Å²) in [7, 11) is 1.53. The molecule has 0 unspecified atom stereocenters. The molecule has 0 radical (unpaired) electrons. The van der Waals surface area contributed by atoms with Gasteiger partial charge in [-0.25, -0.2) is 9.78 Å². The van der Waals surface area contributed by atoms with Gasteiger partial charge in [0.25, 0.3) is 11.1 Å². The highest BCUT2D eigenvalue weighted by Gasteiger charge is 2.30. The molecule has 1 aliphatic carbocycles. The number of para-hydroxylation sites is 1. The quantitative estimate of drug-likeness (QED) is 0.227. The molecule has 2 aromatic carbocycles. The number of carbonyl (C=O) groups is 1. The van der Waals surface area contributed by atoms with Crippen LogP contribution in [-0.4, -0.2) is 37.7 Å². The molecular weight excluding hydrogens is 470 g/mol. The number of fused-ring (bicyclic) bond motifs is 1. The second-order valence-electron chi connectivity index (χ2n) is 8.09. The number of benzene rings is 2. The van der Waals surface area contributed by atoms with Crippen molar-refractivity contribution in [1.29, 1.82) is 0 Å². The number of hydrogen-bond donors (Lipinski definition) is 2. The molecule has 35 heavy (non-hydrogen) atoms. The number of nitrogens with two attached hydrogens (primary N) is 1. The standard InChI is InChI=1S/C24H21N5O5S/c1-34-15-6-4-5-14(11-15)29-22(32)16-7-2-3-8-17(16)26-24(29)35-12-18(30)19-20(25)28(13-9-10-13)23(33)27-21(19)31/h2-8,11,13H,9-10,12,25H2,1H3,(H,27,31,33). The Morgan fingerprint density at radius 2 is 1.94 bits per heavy atom. The first kappa shape index (κ1) is 22.7. The number of hydrogen-bond acceptors (Lipinski definition) is 8. The van der Waals surface area contributed by atoms with Crippen molar-refractivity contribution in [3.8, 4) is 11.4 Å². The number of aromatic amines is 1. The minimum atomic E-state index is -0.827. The van der Waals surface area contributed by atoms with Gasteiger partial charge in [-0.05, 0) is 37.1 Å². The summed E-state index contributed by atoms with van der Waals surface area (Å²) in [5.74, 6) is -0.368. The number of ketones is 1. The van der Waals surface area contributed by atoms with Crippen LogP contribution in [0.5, 0.6) is 5.75 Å². The van der Waals surface area contributed by atoms with Crippen molar-refractivity contribution < 1.29 is 9.53 Å². The van der Waals surface area contributed by atoms with Gasteiger partial charge in [-0.3, -0.25) is 28.5 Å². The molecule has 10 nitrogen and oxygen atoms in total. The number of H-pyrrole nitrogens is 1. The molecule has 178 valence electrons. The second kappa shape index (κ2) is 8.91. The minimum Gasteiger partial charge on any atom is -0.497 e. The Labute approximate surface area is 202 Å². The Morgan fingerprint density at radius 3 is 2.69 bits per heavy atom. The van der Waals surface area contributed by atoms with Crippen LogP contribution in [0.1, 0.15) is 29.2 Å². The third kappa shape index (κ3) is 4.14. The summed E-state index contributed by atoms with van der Waals surface area (Å²) in [6, 6.07) is 13.7. The summed E-state index contributed by atoms with van der Waals surface area (Å²) in [5, 5.41) is 0.684. The number of anilines is 1. The van der Waals surface area contributed by atoms with Crippen molar-refractivity contribution in [2.24, 2.45) is 0 Å². The molecule has 1 aliphatic rings. The van der Waals surface area contributed by atoms with E-state index in [-0.39, 0.29) is 33.9 Å². The predicted molar refractivity (Wildman–Crippen MR) is 133 cm³/mol. The van der Waals surface area contributed by atoms with E-state index in [9.17, 15) is 19.2 Å². The number of nitrogens with zero attached hydrogens (tertiary/aromatic N) is 3. The van der Waals surface area contributed by atoms with Crippen molar-refractivity contribution in [2.75, 3.05) is 18.6 Å². The summed E-state index contributed by atoms with van der Waals surface area (Å²) in [4.78, 5) is 57.9. The summed E-state index contributed by atoms with van der Waals surface area (Å²) >= 11 is 1.00. The topological polar surface area (TPSA) is 142 Å². The minimum absolute atomic E-state index is 0.112. The molecule has 2 aromatic heterocycles. The van der Waals surface area contributed by atoms with E-state index in [1.165, 1.54) is 16.2 Å². The van der Waals surface area contributed by atoms with Gasteiger partial charge in [0, 0.05) is 12.1 Å². The second-order valence-corrected chi connectivity index (χ2v) is 9.03. The Balaban J connectivity index is 1.56. The molecule has 1 saturated carbocycles. The third-order valence-electron chi connectivity index (χ3n) is 5.76. The van der Waals surface area contributed by atoms with Gasteiger partial charge in [-0.15, -0.1) is 0 Å². The number of nitrogens with one attached hydrogen (secondary N) is 1. The average molecular weight is 492 g/mol. The maximum atomic E-state index is 13.4. The summed E-state index contributed by atoms with van der Waals surface area (Å²) in [5.41, 5.74) is 5.05. The average Bonchev–Trinajstić information content (AvgIpc) is 3.67. The number of rotatable bonds is 7. The van der Waals surface area contributed by atoms with Crippen molar-refractivity contribution in [2.45, 2.75) is 24.0 Å². The van der Waals surface area contributed by atoms with E-state index in [1.54, 1.807) is 48.5 Å². The lowest BCUT2D eigenvalue weighted by Crippen LogP contribution is -2.36. The molecule has 5 rings (SSSR count). The maximum Gasteiger partial charge on any atom is 0.330 e. The van der Waals surface area contributed by atoms with Crippen LogP contribution in [0.25, 0.3) is 16.6 Å². The van der Waals surface area contributed by atoms with Crippen LogP contribution in [0.3, 0.4) is 0 Å². The maximum absolute atomic E-state index is 13.4. The zero-order valence-electron chi connectivity index (χ0n) is 18.7. The number of aromatic nitrogens is 4. The molecule has 0 atom stereocenters. The van der Waals surface area contributed by atoms with E-state index in [1.807, 2.05) is 0 Å². The zero-order chi connectivity index (χ0) is 24.7. The van der Waals surface area contributed by atoms with Crippen LogP contribution < -0.4 is 27.3 Å². The van der Waals surface area contributed by atoms with Crippen LogP contribution in [0, 0.1) is 0 Å². The highest BCUT2D eigenvalue weighted by atomic mass is 32.2.